The lowest BCUT2D eigenvalue weighted by Crippen LogP contribution is -2.45. The summed E-state index contributed by atoms with van der Waals surface area (Å²) in [5.41, 5.74) is -0.633. The predicted octanol–water partition coefficient (Wildman–Crippen LogP) is 1.44. The van der Waals surface area contributed by atoms with Gasteiger partial charge in [-0.15, -0.1) is 0 Å². The summed E-state index contributed by atoms with van der Waals surface area (Å²) in [4.78, 5) is 25.5. The van der Waals surface area contributed by atoms with Gasteiger partial charge in [0.15, 0.2) is 0 Å². The molecule has 1 radical (unpaired) electrons. The van der Waals surface area contributed by atoms with E-state index in [-0.39, 0.29) is 18.1 Å². The molecule has 1 aromatic carbocycles. The van der Waals surface area contributed by atoms with Gasteiger partial charge in [0.05, 0.1) is 18.8 Å². The van der Waals surface area contributed by atoms with E-state index in [0.717, 1.165) is 29.2 Å². The molecule has 1 saturated heterocycles. The van der Waals surface area contributed by atoms with Gasteiger partial charge in [-0.2, -0.15) is 13.2 Å². The van der Waals surface area contributed by atoms with Crippen LogP contribution in [0.3, 0.4) is 0 Å². The molecule has 119 valence electrons. The van der Waals surface area contributed by atoms with Crippen LogP contribution in [-0.4, -0.2) is 50.1 Å². The number of nitrogens with zero attached hydrogens (tertiary/aromatic N) is 2. The van der Waals surface area contributed by atoms with Gasteiger partial charge >= 0.3 is 12.6 Å². The maximum Gasteiger partial charge on any atom is 0.416 e. The largest absolute Gasteiger partial charge is 0.416 e. The maximum atomic E-state index is 12.5. The van der Waals surface area contributed by atoms with Crippen LogP contribution < -0.4 is 4.90 Å². The highest BCUT2D eigenvalue weighted by atomic mass is 19.4. The molecular formula is C14H14F3N2O3. The zero-order valence-electron chi connectivity index (χ0n) is 11.6. The molecule has 0 atom stereocenters. The normalized spacial score (nSPS) is 15.5. The Morgan fingerprint density at radius 3 is 2.32 bits per heavy atom. The molecule has 2 amide bonds. The minimum atomic E-state index is -4.45. The summed E-state index contributed by atoms with van der Waals surface area (Å²) in [7, 11) is 0. The first-order valence-electron chi connectivity index (χ1n) is 6.60. The van der Waals surface area contributed by atoms with Crippen molar-refractivity contribution in [1.82, 2.24) is 4.90 Å². The van der Waals surface area contributed by atoms with Gasteiger partial charge in [-0.05, 0) is 24.3 Å². The van der Waals surface area contributed by atoms with Gasteiger partial charge in [0.2, 0.25) is 5.91 Å². The van der Waals surface area contributed by atoms with Crippen LogP contribution in [0.25, 0.3) is 0 Å². The molecule has 8 heteroatoms. The Kier molecular flexibility index (Phi) is 5.02. The fraction of sp³-hybridized carbons (Fsp3) is 0.429. The van der Waals surface area contributed by atoms with Crippen LogP contribution in [0.1, 0.15) is 5.56 Å². The van der Waals surface area contributed by atoms with E-state index >= 15 is 0 Å². The number of carbonyl (C=O) groups is 1. The third kappa shape index (κ3) is 3.97. The first kappa shape index (κ1) is 16.3. The Labute approximate surface area is 125 Å². The molecule has 1 aliphatic rings. The van der Waals surface area contributed by atoms with Gasteiger partial charge in [-0.1, -0.05) is 0 Å². The van der Waals surface area contributed by atoms with Crippen molar-refractivity contribution in [3.63, 3.8) is 0 Å². The Balaban J connectivity index is 2.04. The number of morpholine rings is 1. The minimum Gasteiger partial charge on any atom is -0.378 e. The van der Waals surface area contributed by atoms with Crippen molar-refractivity contribution >= 4 is 18.0 Å². The molecular weight excluding hydrogens is 301 g/mol. The summed E-state index contributed by atoms with van der Waals surface area (Å²) in [6.07, 6.45) is -2.88. The van der Waals surface area contributed by atoms with Gasteiger partial charge in [-0.3, -0.25) is 14.5 Å². The number of carbonyl (C=O) groups excluding carboxylic acids is 2. The first-order valence-corrected chi connectivity index (χ1v) is 6.60. The maximum absolute atomic E-state index is 12.5. The number of ether oxygens (including phenoxy) is 1. The number of amides is 2. The van der Waals surface area contributed by atoms with Crippen LogP contribution in [0.15, 0.2) is 24.3 Å². The molecule has 2 rings (SSSR count). The number of alkyl halides is 3. The van der Waals surface area contributed by atoms with Crippen LogP contribution >= 0.6 is 0 Å². The molecule has 1 aromatic rings. The topological polar surface area (TPSA) is 49.9 Å². The van der Waals surface area contributed by atoms with Gasteiger partial charge in [0.1, 0.15) is 6.54 Å². The zero-order chi connectivity index (χ0) is 16.2. The highest BCUT2D eigenvalue weighted by molar-refractivity contribution is 5.89. The molecule has 22 heavy (non-hydrogen) atoms. The number of benzene rings is 1. The van der Waals surface area contributed by atoms with E-state index in [2.05, 4.69) is 0 Å². The van der Waals surface area contributed by atoms with Crippen molar-refractivity contribution < 1.29 is 27.5 Å². The van der Waals surface area contributed by atoms with Crippen LogP contribution in [0, 0.1) is 0 Å². The Hall–Kier alpha value is -2.09. The Morgan fingerprint density at radius 2 is 1.82 bits per heavy atom. The van der Waals surface area contributed by atoms with E-state index in [1.54, 1.807) is 6.41 Å². The van der Waals surface area contributed by atoms with E-state index < -0.39 is 11.7 Å². The van der Waals surface area contributed by atoms with Crippen molar-refractivity contribution in [1.29, 1.82) is 0 Å². The number of hydrogen-bond donors (Lipinski definition) is 0. The van der Waals surface area contributed by atoms with Crippen molar-refractivity contribution in [2.75, 3.05) is 37.7 Å². The van der Waals surface area contributed by atoms with Gasteiger partial charge in [0, 0.05) is 18.8 Å². The third-order valence-corrected chi connectivity index (χ3v) is 3.27. The minimum absolute atomic E-state index is 0.185. The van der Waals surface area contributed by atoms with Crippen LogP contribution in [-0.2, 0) is 20.5 Å². The molecule has 0 aliphatic carbocycles. The number of hydrogen-bond acceptors (Lipinski definition) is 3. The summed E-state index contributed by atoms with van der Waals surface area (Å²) < 4.78 is 42.6. The second-order valence-corrected chi connectivity index (χ2v) is 4.72. The Morgan fingerprint density at radius 1 is 1.23 bits per heavy atom. The number of halogens is 3. The number of rotatable bonds is 4. The van der Waals surface area contributed by atoms with Gasteiger partial charge < -0.3 is 9.64 Å². The molecule has 0 N–H and O–H groups in total. The van der Waals surface area contributed by atoms with Crippen LogP contribution in [0.4, 0.5) is 18.9 Å². The zero-order valence-corrected chi connectivity index (χ0v) is 11.6. The second-order valence-electron chi connectivity index (χ2n) is 4.72. The summed E-state index contributed by atoms with van der Waals surface area (Å²) in [5.74, 6) is -0.299. The van der Waals surface area contributed by atoms with E-state index in [1.807, 2.05) is 0 Å². The standard InChI is InChI=1S/C14H14F3N2O3/c15-14(16,17)11-1-3-12(4-2-11)19(10-20)9-13(21)18-5-7-22-8-6-18/h1-4H,5-9H2. The average Bonchev–Trinajstić information content (AvgIpc) is 2.52. The molecule has 0 saturated carbocycles. The predicted molar refractivity (Wildman–Crippen MR) is 71.9 cm³/mol. The summed E-state index contributed by atoms with van der Waals surface area (Å²) >= 11 is 0. The monoisotopic (exact) mass is 315 g/mol. The van der Waals surface area contributed by atoms with Crippen molar-refractivity contribution in [3.05, 3.63) is 29.8 Å². The summed E-state index contributed by atoms with van der Waals surface area (Å²) in [6.45, 7) is 1.44. The fourth-order valence-corrected chi connectivity index (χ4v) is 2.05. The van der Waals surface area contributed by atoms with E-state index in [0.29, 0.717) is 26.3 Å². The molecule has 0 spiro atoms. The average molecular weight is 315 g/mol. The van der Waals surface area contributed by atoms with Crippen molar-refractivity contribution in [2.24, 2.45) is 0 Å². The quantitative estimate of drug-likeness (QED) is 0.790. The summed E-state index contributed by atoms with van der Waals surface area (Å²) in [6, 6.07) is 4.00. The number of anilines is 1. The van der Waals surface area contributed by atoms with E-state index in [1.165, 1.54) is 4.90 Å². The summed E-state index contributed by atoms with van der Waals surface area (Å²) in [5, 5.41) is 0. The molecule has 0 aromatic heterocycles. The SMILES string of the molecule is O=[C]N(CC(=O)N1CCOCC1)c1ccc(C(F)(F)F)cc1. The fourth-order valence-electron chi connectivity index (χ4n) is 2.05. The van der Waals surface area contributed by atoms with Crippen LogP contribution in [0.2, 0.25) is 0 Å². The van der Waals surface area contributed by atoms with Crippen molar-refractivity contribution in [2.45, 2.75) is 6.18 Å². The van der Waals surface area contributed by atoms with Gasteiger partial charge in [0.25, 0.3) is 0 Å². The highest BCUT2D eigenvalue weighted by Gasteiger charge is 2.30. The van der Waals surface area contributed by atoms with E-state index in [9.17, 15) is 22.8 Å². The Bertz CT molecular complexity index is 525. The molecule has 1 fully saturated rings. The molecule has 1 aliphatic heterocycles. The first-order chi connectivity index (χ1) is 10.4. The van der Waals surface area contributed by atoms with Crippen LogP contribution in [0.5, 0.6) is 0 Å². The highest BCUT2D eigenvalue weighted by Crippen LogP contribution is 2.30. The lowest BCUT2D eigenvalue weighted by molar-refractivity contribution is -0.137. The van der Waals surface area contributed by atoms with Crippen molar-refractivity contribution in [3.8, 4) is 0 Å². The van der Waals surface area contributed by atoms with Gasteiger partial charge in [-0.25, -0.2) is 0 Å². The lowest BCUT2D eigenvalue weighted by atomic mass is 10.2. The smallest absolute Gasteiger partial charge is 0.378 e. The van der Waals surface area contributed by atoms with E-state index in [4.69, 9.17) is 4.74 Å². The molecule has 0 bridgehead atoms. The second kappa shape index (κ2) is 6.78. The molecule has 1 heterocycles. The third-order valence-electron chi connectivity index (χ3n) is 3.27. The molecule has 5 nitrogen and oxygen atoms in total. The molecule has 0 unspecified atom stereocenters. The lowest BCUT2D eigenvalue weighted by Gasteiger charge is -2.28.